The maximum absolute atomic E-state index is 12.9. The van der Waals surface area contributed by atoms with Crippen LogP contribution in [0.15, 0.2) is 77.2 Å². The number of amidine groups is 1. The number of benzene rings is 2. The molecule has 6 rings (SSSR count). The molecule has 0 radical (unpaired) electrons. The van der Waals surface area contributed by atoms with Crippen LogP contribution in [0.25, 0.3) is 27.8 Å². The number of halogens is 3. The van der Waals surface area contributed by atoms with E-state index in [0.717, 1.165) is 22.7 Å². The molecule has 0 atom stereocenters. The normalized spacial score (nSPS) is 15.4. The number of para-hydroxylation sites is 1. The second kappa shape index (κ2) is 10.4. The van der Waals surface area contributed by atoms with Crippen molar-refractivity contribution in [3.05, 3.63) is 83.9 Å². The van der Waals surface area contributed by atoms with E-state index in [9.17, 15) is 18.0 Å². The minimum Gasteiger partial charge on any atom is -0.281 e. The number of hydrogen-bond acceptors (Lipinski definition) is 8. The molecule has 3 aromatic heterocycles. The third kappa shape index (κ3) is 5.04. The number of imidazole rings is 1. The molecule has 0 N–H and O–H groups in total. The number of nitrogens with zero attached hydrogens (tertiary/aromatic N) is 8. The van der Waals surface area contributed by atoms with Gasteiger partial charge in [0, 0.05) is 5.39 Å². The van der Waals surface area contributed by atoms with Gasteiger partial charge in [0.25, 0.3) is 0 Å². The van der Waals surface area contributed by atoms with Crippen molar-refractivity contribution in [2.45, 2.75) is 25.9 Å². The van der Waals surface area contributed by atoms with E-state index in [4.69, 9.17) is 0 Å². The number of aromatic nitrogens is 5. The first-order chi connectivity index (χ1) is 19.7. The standard InChI is InChI=1S/C28H21F3N8OS/c1-16(2)18-5-3-4-6-21(18)39-25(40)14-41-27(39)37-33-13-17-7-8-19-20(34-17)9-10-22-26(19)32-15-38(22)24-12-11-23(35-36-24)28(29,30)31/h3-13,15-16H,14H2,1-2H3/b33-13+,37-27+. The Morgan fingerprint density at radius 2 is 1.85 bits per heavy atom. The number of anilines is 1. The molecule has 1 aliphatic rings. The Kier molecular flexibility index (Phi) is 6.73. The highest BCUT2D eigenvalue weighted by molar-refractivity contribution is 8.15. The largest absolute Gasteiger partial charge is 0.435 e. The Labute approximate surface area is 235 Å². The molecule has 206 valence electrons. The van der Waals surface area contributed by atoms with E-state index >= 15 is 0 Å². The number of alkyl halides is 3. The van der Waals surface area contributed by atoms with Gasteiger partial charge in [-0.25, -0.2) is 9.97 Å². The average Bonchev–Trinajstić information content (AvgIpc) is 3.56. The molecule has 41 heavy (non-hydrogen) atoms. The zero-order valence-corrected chi connectivity index (χ0v) is 22.6. The molecule has 1 amide bonds. The fourth-order valence-corrected chi connectivity index (χ4v) is 5.37. The minimum absolute atomic E-state index is 0.0494. The van der Waals surface area contributed by atoms with E-state index in [0.29, 0.717) is 27.4 Å². The molecule has 5 aromatic rings. The Morgan fingerprint density at radius 1 is 1.02 bits per heavy atom. The van der Waals surface area contributed by atoms with E-state index < -0.39 is 11.9 Å². The lowest BCUT2D eigenvalue weighted by Crippen LogP contribution is -2.30. The van der Waals surface area contributed by atoms with E-state index in [2.05, 4.69) is 44.2 Å². The molecule has 0 saturated carbocycles. The van der Waals surface area contributed by atoms with Gasteiger partial charge < -0.3 is 0 Å². The first-order valence-corrected chi connectivity index (χ1v) is 13.5. The summed E-state index contributed by atoms with van der Waals surface area (Å²) < 4.78 is 40.1. The first-order valence-electron chi connectivity index (χ1n) is 12.5. The highest BCUT2D eigenvalue weighted by Crippen LogP contribution is 2.33. The Morgan fingerprint density at radius 3 is 2.61 bits per heavy atom. The molecule has 1 saturated heterocycles. The molecule has 2 aromatic carbocycles. The van der Waals surface area contributed by atoms with Crippen LogP contribution in [0.4, 0.5) is 18.9 Å². The molecule has 1 fully saturated rings. The van der Waals surface area contributed by atoms with Crippen molar-refractivity contribution in [2.75, 3.05) is 10.7 Å². The molecular weight excluding hydrogens is 553 g/mol. The number of fused-ring (bicyclic) bond motifs is 3. The van der Waals surface area contributed by atoms with Crippen molar-refractivity contribution in [3.8, 4) is 5.82 Å². The number of hydrogen-bond donors (Lipinski definition) is 0. The summed E-state index contributed by atoms with van der Waals surface area (Å²) in [6.07, 6.45) is -1.57. The quantitative estimate of drug-likeness (QED) is 0.189. The van der Waals surface area contributed by atoms with Gasteiger partial charge in [-0.1, -0.05) is 43.8 Å². The zero-order chi connectivity index (χ0) is 28.7. The van der Waals surface area contributed by atoms with Gasteiger partial charge in [-0.15, -0.1) is 15.3 Å². The van der Waals surface area contributed by atoms with Crippen LogP contribution in [0.1, 0.15) is 36.7 Å². The van der Waals surface area contributed by atoms with Crippen LogP contribution in [-0.4, -0.2) is 47.8 Å². The van der Waals surface area contributed by atoms with Crippen molar-refractivity contribution in [1.82, 2.24) is 24.7 Å². The van der Waals surface area contributed by atoms with Crippen LogP contribution < -0.4 is 4.90 Å². The number of rotatable bonds is 5. The smallest absolute Gasteiger partial charge is 0.281 e. The summed E-state index contributed by atoms with van der Waals surface area (Å²) in [6.45, 7) is 4.15. The summed E-state index contributed by atoms with van der Waals surface area (Å²) in [5.74, 6) is 0.683. The third-order valence-electron chi connectivity index (χ3n) is 6.49. The van der Waals surface area contributed by atoms with Crippen molar-refractivity contribution >= 4 is 56.7 Å². The monoisotopic (exact) mass is 574 g/mol. The summed E-state index contributed by atoms with van der Waals surface area (Å²) in [6, 6.07) is 17.1. The van der Waals surface area contributed by atoms with E-state index in [1.807, 2.05) is 30.3 Å². The van der Waals surface area contributed by atoms with E-state index in [1.54, 1.807) is 27.7 Å². The molecule has 0 unspecified atom stereocenters. The fourth-order valence-electron chi connectivity index (χ4n) is 4.55. The van der Waals surface area contributed by atoms with Crippen LogP contribution in [-0.2, 0) is 11.0 Å². The predicted octanol–water partition coefficient (Wildman–Crippen LogP) is 5.98. The van der Waals surface area contributed by atoms with Crippen LogP contribution in [0, 0.1) is 0 Å². The lowest BCUT2D eigenvalue weighted by atomic mass is 10.0. The Bertz CT molecular complexity index is 1850. The summed E-state index contributed by atoms with van der Waals surface area (Å²) in [4.78, 5) is 23.4. The molecule has 0 bridgehead atoms. The molecule has 13 heteroatoms. The predicted molar refractivity (Wildman–Crippen MR) is 152 cm³/mol. The van der Waals surface area contributed by atoms with Gasteiger partial charge in [0.15, 0.2) is 16.7 Å². The lowest BCUT2D eigenvalue weighted by molar-refractivity contribution is -0.141. The van der Waals surface area contributed by atoms with Gasteiger partial charge in [-0.05, 0) is 53.9 Å². The zero-order valence-electron chi connectivity index (χ0n) is 21.7. The third-order valence-corrected chi connectivity index (χ3v) is 7.40. The SMILES string of the molecule is CC(C)c1ccccc1N1C(=O)CS/C1=N/N=C/c1ccc2c(ccc3c2ncn3-c2ccc(C(F)(F)F)nn2)n1. The lowest BCUT2D eigenvalue weighted by Gasteiger charge is -2.20. The number of carbonyl (C=O) groups is 1. The van der Waals surface area contributed by atoms with Crippen molar-refractivity contribution < 1.29 is 18.0 Å². The van der Waals surface area contributed by atoms with Gasteiger partial charge in [-0.2, -0.15) is 18.3 Å². The average molecular weight is 575 g/mol. The maximum Gasteiger partial charge on any atom is 0.435 e. The van der Waals surface area contributed by atoms with Gasteiger partial charge >= 0.3 is 6.18 Å². The van der Waals surface area contributed by atoms with Crippen LogP contribution >= 0.6 is 11.8 Å². The second-order valence-electron chi connectivity index (χ2n) is 9.48. The molecule has 0 spiro atoms. The van der Waals surface area contributed by atoms with Crippen molar-refractivity contribution in [2.24, 2.45) is 10.2 Å². The maximum atomic E-state index is 12.9. The van der Waals surface area contributed by atoms with E-state index in [-0.39, 0.29) is 23.4 Å². The summed E-state index contributed by atoms with van der Waals surface area (Å²) in [5.41, 5.74) is 3.25. The van der Waals surface area contributed by atoms with Gasteiger partial charge in [0.05, 0.1) is 39.9 Å². The minimum atomic E-state index is -4.57. The van der Waals surface area contributed by atoms with Gasteiger partial charge in [0.1, 0.15) is 6.33 Å². The summed E-state index contributed by atoms with van der Waals surface area (Å²) in [5, 5.41) is 16.8. The summed E-state index contributed by atoms with van der Waals surface area (Å²) in [7, 11) is 0. The Balaban J connectivity index is 1.27. The number of thioether (sulfide) groups is 1. The first kappa shape index (κ1) is 26.6. The Hall–Kier alpha value is -4.65. The molecule has 0 aliphatic carbocycles. The topological polar surface area (TPSA) is 102 Å². The number of pyridine rings is 1. The highest BCUT2D eigenvalue weighted by Gasteiger charge is 2.33. The van der Waals surface area contributed by atoms with Crippen molar-refractivity contribution in [3.63, 3.8) is 0 Å². The van der Waals surface area contributed by atoms with Gasteiger partial charge in [-0.3, -0.25) is 14.3 Å². The molecule has 9 nitrogen and oxygen atoms in total. The second-order valence-corrected chi connectivity index (χ2v) is 10.4. The molecule has 4 heterocycles. The van der Waals surface area contributed by atoms with Crippen LogP contribution in [0.2, 0.25) is 0 Å². The fraction of sp³-hybridized carbons (Fsp3) is 0.179. The van der Waals surface area contributed by atoms with E-state index in [1.165, 1.54) is 30.4 Å². The highest BCUT2D eigenvalue weighted by atomic mass is 32.2. The van der Waals surface area contributed by atoms with Crippen LogP contribution in [0.5, 0.6) is 0 Å². The molecule has 1 aliphatic heterocycles. The molecular formula is C28H21F3N8OS. The van der Waals surface area contributed by atoms with Gasteiger partial charge in [0.2, 0.25) is 5.91 Å². The van der Waals surface area contributed by atoms with Crippen molar-refractivity contribution in [1.29, 1.82) is 0 Å². The number of carbonyl (C=O) groups excluding carboxylic acids is 1. The summed E-state index contributed by atoms with van der Waals surface area (Å²) >= 11 is 1.33. The number of amides is 1. The van der Waals surface area contributed by atoms with Crippen LogP contribution in [0.3, 0.4) is 0 Å².